The number of halogens is 1. The van der Waals surface area contributed by atoms with Crippen LogP contribution in [-0.2, 0) is 4.74 Å². The first-order valence-electron chi connectivity index (χ1n) is 7.10. The van der Waals surface area contributed by atoms with Crippen LogP contribution in [0.2, 0.25) is 0 Å². The van der Waals surface area contributed by atoms with Crippen molar-refractivity contribution >= 4 is 17.0 Å². The van der Waals surface area contributed by atoms with Crippen LogP contribution >= 0.6 is 0 Å². The number of imidazole rings is 1. The van der Waals surface area contributed by atoms with Gasteiger partial charge in [-0.3, -0.25) is 0 Å². The molecule has 1 heterocycles. The van der Waals surface area contributed by atoms with Gasteiger partial charge in [0.1, 0.15) is 11.6 Å². The second-order valence-electron chi connectivity index (χ2n) is 4.96. The van der Waals surface area contributed by atoms with Crippen molar-refractivity contribution < 1.29 is 13.9 Å². The van der Waals surface area contributed by atoms with Gasteiger partial charge in [0.25, 0.3) is 0 Å². The Balaban J connectivity index is 1.93. The van der Waals surface area contributed by atoms with Crippen LogP contribution in [0.3, 0.4) is 0 Å². The summed E-state index contributed by atoms with van der Waals surface area (Å²) in [4.78, 5) is 19.4. The third kappa shape index (κ3) is 2.83. The van der Waals surface area contributed by atoms with Gasteiger partial charge in [0.2, 0.25) is 0 Å². The van der Waals surface area contributed by atoms with Crippen molar-refractivity contribution in [3.8, 4) is 11.4 Å². The third-order valence-corrected chi connectivity index (χ3v) is 3.27. The summed E-state index contributed by atoms with van der Waals surface area (Å²) in [5, 5.41) is 0. The lowest BCUT2D eigenvalue weighted by Gasteiger charge is -2.02. The maximum atomic E-state index is 13.0. The third-order valence-electron chi connectivity index (χ3n) is 3.27. The van der Waals surface area contributed by atoms with E-state index >= 15 is 0 Å². The summed E-state index contributed by atoms with van der Waals surface area (Å²) in [7, 11) is 0. The van der Waals surface area contributed by atoms with Gasteiger partial charge >= 0.3 is 5.97 Å². The van der Waals surface area contributed by atoms with Gasteiger partial charge in [-0.2, -0.15) is 0 Å². The zero-order valence-corrected chi connectivity index (χ0v) is 12.1. The molecule has 1 N–H and O–H groups in total. The van der Waals surface area contributed by atoms with Gasteiger partial charge in [-0.15, -0.1) is 0 Å². The zero-order valence-electron chi connectivity index (χ0n) is 12.1. The van der Waals surface area contributed by atoms with E-state index in [9.17, 15) is 9.18 Å². The molecule has 22 heavy (non-hydrogen) atoms. The SMILES string of the molecule is CCCOC(=O)c1ccc2nc(-c3ccc(F)cc3)[nH]c2c1. The summed E-state index contributed by atoms with van der Waals surface area (Å²) in [6.07, 6.45) is 0.784. The largest absolute Gasteiger partial charge is 0.462 e. The monoisotopic (exact) mass is 298 g/mol. The molecule has 0 amide bonds. The van der Waals surface area contributed by atoms with E-state index in [-0.39, 0.29) is 11.8 Å². The molecule has 0 bridgehead atoms. The summed E-state index contributed by atoms with van der Waals surface area (Å²) >= 11 is 0. The van der Waals surface area contributed by atoms with E-state index in [1.165, 1.54) is 12.1 Å². The minimum absolute atomic E-state index is 0.291. The predicted octanol–water partition coefficient (Wildman–Crippen LogP) is 3.94. The van der Waals surface area contributed by atoms with Crippen molar-refractivity contribution in [3.05, 3.63) is 53.8 Å². The number of carbonyl (C=O) groups is 1. The highest BCUT2D eigenvalue weighted by Crippen LogP contribution is 2.21. The summed E-state index contributed by atoms with van der Waals surface area (Å²) < 4.78 is 18.1. The molecule has 0 saturated heterocycles. The van der Waals surface area contributed by atoms with Crippen molar-refractivity contribution in [1.29, 1.82) is 0 Å². The first-order chi connectivity index (χ1) is 10.7. The highest BCUT2D eigenvalue weighted by molar-refractivity contribution is 5.94. The smallest absolute Gasteiger partial charge is 0.338 e. The number of carbonyl (C=O) groups excluding carboxylic acids is 1. The van der Waals surface area contributed by atoms with E-state index in [2.05, 4.69) is 9.97 Å². The Bertz CT molecular complexity index is 809. The maximum absolute atomic E-state index is 13.0. The Morgan fingerprint density at radius 2 is 2.00 bits per heavy atom. The normalized spacial score (nSPS) is 10.8. The molecule has 0 fully saturated rings. The topological polar surface area (TPSA) is 55.0 Å². The van der Waals surface area contributed by atoms with Crippen LogP contribution < -0.4 is 0 Å². The van der Waals surface area contributed by atoms with Gasteiger partial charge in [0.05, 0.1) is 23.2 Å². The molecule has 112 valence electrons. The molecular weight excluding hydrogens is 283 g/mol. The molecule has 0 saturated carbocycles. The minimum atomic E-state index is -0.346. The van der Waals surface area contributed by atoms with Gasteiger partial charge in [-0.25, -0.2) is 14.2 Å². The molecule has 0 aliphatic carbocycles. The number of hydrogen-bond donors (Lipinski definition) is 1. The first kappa shape index (κ1) is 14.3. The Morgan fingerprint density at radius 1 is 1.23 bits per heavy atom. The number of aromatic amines is 1. The minimum Gasteiger partial charge on any atom is -0.462 e. The molecule has 5 heteroatoms. The second kappa shape index (κ2) is 5.97. The molecule has 0 spiro atoms. The predicted molar refractivity (Wildman–Crippen MR) is 82.1 cm³/mol. The highest BCUT2D eigenvalue weighted by Gasteiger charge is 2.10. The average molecular weight is 298 g/mol. The van der Waals surface area contributed by atoms with Crippen molar-refractivity contribution in [2.75, 3.05) is 6.61 Å². The van der Waals surface area contributed by atoms with Crippen LogP contribution in [0.15, 0.2) is 42.5 Å². The number of H-pyrrole nitrogens is 1. The number of ether oxygens (including phenoxy) is 1. The molecular formula is C17H15FN2O2. The Labute approximate surface area is 126 Å². The van der Waals surface area contributed by atoms with Crippen molar-refractivity contribution in [2.45, 2.75) is 13.3 Å². The van der Waals surface area contributed by atoms with E-state index in [0.717, 1.165) is 23.0 Å². The lowest BCUT2D eigenvalue weighted by Crippen LogP contribution is -2.05. The molecule has 0 unspecified atom stereocenters. The molecule has 0 radical (unpaired) electrons. The van der Waals surface area contributed by atoms with Gasteiger partial charge in [0.15, 0.2) is 0 Å². The second-order valence-corrected chi connectivity index (χ2v) is 4.96. The lowest BCUT2D eigenvalue weighted by molar-refractivity contribution is 0.0505. The number of esters is 1. The highest BCUT2D eigenvalue weighted by atomic mass is 19.1. The Morgan fingerprint density at radius 3 is 2.73 bits per heavy atom. The fourth-order valence-electron chi connectivity index (χ4n) is 2.16. The average Bonchev–Trinajstić information content (AvgIpc) is 2.96. The number of hydrogen-bond acceptors (Lipinski definition) is 3. The van der Waals surface area contributed by atoms with Crippen molar-refractivity contribution in [2.24, 2.45) is 0 Å². The van der Waals surface area contributed by atoms with Crippen molar-refractivity contribution in [1.82, 2.24) is 9.97 Å². The van der Waals surface area contributed by atoms with Crippen LogP contribution in [0.25, 0.3) is 22.4 Å². The number of aromatic nitrogens is 2. The van der Waals surface area contributed by atoms with Crippen molar-refractivity contribution in [3.63, 3.8) is 0 Å². The molecule has 4 nitrogen and oxygen atoms in total. The molecule has 3 rings (SSSR count). The van der Waals surface area contributed by atoms with Gasteiger partial charge in [-0.05, 0) is 48.9 Å². The molecule has 0 aliphatic heterocycles. The zero-order chi connectivity index (χ0) is 15.5. The summed E-state index contributed by atoms with van der Waals surface area (Å²) in [5.74, 6) is -0.00317. The number of fused-ring (bicyclic) bond motifs is 1. The Hall–Kier alpha value is -2.69. The van der Waals surface area contributed by atoms with Crippen LogP contribution in [0, 0.1) is 5.82 Å². The number of nitrogens with one attached hydrogen (secondary N) is 1. The van der Waals surface area contributed by atoms with Crippen LogP contribution in [0.5, 0.6) is 0 Å². The molecule has 3 aromatic rings. The lowest BCUT2D eigenvalue weighted by atomic mass is 10.2. The van der Waals surface area contributed by atoms with Crippen LogP contribution in [-0.4, -0.2) is 22.5 Å². The van der Waals surface area contributed by atoms with E-state index in [1.54, 1.807) is 30.3 Å². The van der Waals surface area contributed by atoms with E-state index in [4.69, 9.17) is 4.74 Å². The summed E-state index contributed by atoms with van der Waals surface area (Å²) in [6, 6.07) is 11.3. The molecule has 0 atom stereocenters. The summed E-state index contributed by atoms with van der Waals surface area (Å²) in [5.41, 5.74) is 2.75. The fourth-order valence-corrected chi connectivity index (χ4v) is 2.16. The number of benzene rings is 2. The van der Waals surface area contributed by atoms with Gasteiger partial charge in [-0.1, -0.05) is 6.92 Å². The van der Waals surface area contributed by atoms with E-state index < -0.39 is 0 Å². The molecule has 0 aliphatic rings. The number of nitrogens with zero attached hydrogens (tertiary/aromatic N) is 1. The Kier molecular flexibility index (Phi) is 3.87. The van der Waals surface area contributed by atoms with Crippen LogP contribution in [0.1, 0.15) is 23.7 Å². The number of rotatable bonds is 4. The molecule has 1 aromatic heterocycles. The molecule has 2 aromatic carbocycles. The maximum Gasteiger partial charge on any atom is 0.338 e. The van der Waals surface area contributed by atoms with Gasteiger partial charge in [0, 0.05) is 5.56 Å². The van der Waals surface area contributed by atoms with Gasteiger partial charge < -0.3 is 9.72 Å². The quantitative estimate of drug-likeness (QED) is 0.742. The fraction of sp³-hybridized carbons (Fsp3) is 0.176. The summed E-state index contributed by atoms with van der Waals surface area (Å²) in [6.45, 7) is 2.35. The van der Waals surface area contributed by atoms with E-state index in [1.807, 2.05) is 6.92 Å². The first-order valence-corrected chi connectivity index (χ1v) is 7.10. The van der Waals surface area contributed by atoms with Crippen LogP contribution in [0.4, 0.5) is 4.39 Å². The van der Waals surface area contributed by atoms with E-state index in [0.29, 0.717) is 18.0 Å². The standard InChI is InChI=1S/C17H15FN2O2/c1-2-9-22-17(21)12-5-8-14-15(10-12)20-16(19-14)11-3-6-13(18)7-4-11/h3-8,10H,2,9H2,1H3,(H,19,20).